The van der Waals surface area contributed by atoms with Crippen molar-refractivity contribution in [1.82, 2.24) is 4.90 Å². The molecule has 1 aliphatic rings. The highest BCUT2D eigenvalue weighted by Gasteiger charge is 2.33. The number of rotatable bonds is 3. The maximum absolute atomic E-state index is 12.3. The molecule has 0 aliphatic carbocycles. The summed E-state index contributed by atoms with van der Waals surface area (Å²) in [6, 6.07) is 3.25. The lowest BCUT2D eigenvalue weighted by atomic mass is 10.0. The molecule has 1 amide bonds. The summed E-state index contributed by atoms with van der Waals surface area (Å²) in [5, 5.41) is 9.96. The van der Waals surface area contributed by atoms with Crippen LogP contribution in [0.25, 0.3) is 15.9 Å². The molecule has 0 fully saturated rings. The van der Waals surface area contributed by atoms with Crippen LogP contribution in [0.3, 0.4) is 0 Å². The van der Waals surface area contributed by atoms with Crippen LogP contribution in [0.1, 0.15) is 35.5 Å². The zero-order valence-electron chi connectivity index (χ0n) is 14.1. The molecule has 2 heterocycles. The van der Waals surface area contributed by atoms with Crippen LogP contribution in [0.4, 0.5) is 10.5 Å². The normalized spacial score (nSPS) is 13.2. The standard InChI is InChI=1S/C17H18N3O5/c1-3-23-16(21)15-11-9-20(17(22)24-4-2)8-7-10-12(19-18)5-6-13(25-15)14(10)11/h5-6H,3-4,7-9H2,1-2H3/q+1. The van der Waals surface area contributed by atoms with Crippen LogP contribution in [0, 0.1) is 5.39 Å². The Morgan fingerprint density at radius 2 is 2.00 bits per heavy atom. The van der Waals surface area contributed by atoms with Crippen molar-refractivity contribution in [1.29, 1.82) is 5.39 Å². The molecule has 1 aromatic heterocycles. The molecule has 0 bridgehead atoms. The van der Waals surface area contributed by atoms with Crippen LogP contribution in [-0.4, -0.2) is 36.7 Å². The second kappa shape index (κ2) is 6.81. The molecule has 1 aliphatic heterocycles. The molecule has 8 heteroatoms. The van der Waals surface area contributed by atoms with Gasteiger partial charge in [-0.1, -0.05) is 0 Å². The van der Waals surface area contributed by atoms with Crippen LogP contribution in [-0.2, 0) is 22.4 Å². The maximum atomic E-state index is 12.3. The van der Waals surface area contributed by atoms with Gasteiger partial charge < -0.3 is 18.8 Å². The van der Waals surface area contributed by atoms with Gasteiger partial charge in [-0.25, -0.2) is 9.59 Å². The number of ether oxygens (including phenoxy) is 2. The number of carbonyl (C=O) groups is 2. The van der Waals surface area contributed by atoms with Gasteiger partial charge in [-0.2, -0.15) is 0 Å². The summed E-state index contributed by atoms with van der Waals surface area (Å²) in [4.78, 5) is 29.3. The Kier molecular flexibility index (Phi) is 4.57. The molecule has 0 atom stereocenters. The van der Waals surface area contributed by atoms with E-state index in [2.05, 4.69) is 4.98 Å². The first-order chi connectivity index (χ1) is 12.1. The first-order valence-electron chi connectivity index (χ1n) is 8.11. The van der Waals surface area contributed by atoms with Gasteiger partial charge in [-0.05, 0) is 26.3 Å². The monoisotopic (exact) mass is 344 g/mol. The lowest BCUT2D eigenvalue weighted by molar-refractivity contribution is 0.0487. The second-order valence-corrected chi connectivity index (χ2v) is 5.54. The molecule has 0 N–H and O–H groups in total. The van der Waals surface area contributed by atoms with E-state index in [9.17, 15) is 15.0 Å². The van der Waals surface area contributed by atoms with Gasteiger partial charge in [0.25, 0.3) is 0 Å². The summed E-state index contributed by atoms with van der Waals surface area (Å²) in [5.41, 5.74) is 2.14. The van der Waals surface area contributed by atoms with Crippen molar-refractivity contribution < 1.29 is 23.5 Å². The maximum Gasteiger partial charge on any atom is 0.410 e. The summed E-state index contributed by atoms with van der Waals surface area (Å²) in [6.45, 7) is 4.43. The summed E-state index contributed by atoms with van der Waals surface area (Å²) >= 11 is 0. The molecule has 3 rings (SSSR count). The van der Waals surface area contributed by atoms with Gasteiger partial charge in [0.05, 0.1) is 25.3 Å². The minimum Gasteiger partial charge on any atom is -0.460 e. The van der Waals surface area contributed by atoms with Crippen LogP contribution >= 0.6 is 0 Å². The van der Waals surface area contributed by atoms with Gasteiger partial charge in [-0.3, -0.25) is 0 Å². The molecule has 0 saturated carbocycles. The van der Waals surface area contributed by atoms with E-state index in [0.29, 0.717) is 35.2 Å². The molecular weight excluding hydrogens is 326 g/mol. The highest BCUT2D eigenvalue weighted by molar-refractivity contribution is 5.99. The number of benzene rings is 1. The Balaban J connectivity index is 2.16. The van der Waals surface area contributed by atoms with E-state index in [1.165, 1.54) is 4.90 Å². The zero-order valence-corrected chi connectivity index (χ0v) is 14.1. The van der Waals surface area contributed by atoms with E-state index in [4.69, 9.17) is 13.9 Å². The van der Waals surface area contributed by atoms with Gasteiger partial charge in [0.15, 0.2) is 4.98 Å². The van der Waals surface area contributed by atoms with Gasteiger partial charge in [-0.15, -0.1) is 0 Å². The van der Waals surface area contributed by atoms with E-state index >= 15 is 0 Å². The average molecular weight is 344 g/mol. The fourth-order valence-electron chi connectivity index (χ4n) is 3.06. The van der Waals surface area contributed by atoms with E-state index in [1.807, 2.05) is 0 Å². The Bertz CT molecular complexity index is 881. The molecule has 1 aromatic carbocycles. The van der Waals surface area contributed by atoms with E-state index in [-0.39, 0.29) is 25.5 Å². The molecule has 25 heavy (non-hydrogen) atoms. The molecule has 2 aromatic rings. The quantitative estimate of drug-likeness (QED) is 0.623. The lowest BCUT2D eigenvalue weighted by Gasteiger charge is -2.19. The Hall–Kier alpha value is -3.08. The molecule has 130 valence electrons. The SMILES string of the molecule is CCOC(=O)c1oc2ccc([N+]#N)c3c2c1CN(C(=O)OCC)CC3. The zero-order chi connectivity index (χ0) is 18.0. The van der Waals surface area contributed by atoms with Crippen molar-refractivity contribution in [3.05, 3.63) is 34.0 Å². The van der Waals surface area contributed by atoms with Crippen LogP contribution in [0.15, 0.2) is 16.5 Å². The third kappa shape index (κ3) is 2.89. The van der Waals surface area contributed by atoms with Crippen LogP contribution in [0.2, 0.25) is 0 Å². The highest BCUT2D eigenvalue weighted by atomic mass is 16.6. The summed E-state index contributed by atoms with van der Waals surface area (Å²) in [5.74, 6) is -0.530. The van der Waals surface area contributed by atoms with Crippen molar-refractivity contribution in [2.45, 2.75) is 26.8 Å². The van der Waals surface area contributed by atoms with E-state index in [0.717, 1.165) is 5.56 Å². The minimum atomic E-state index is -0.590. The number of carbonyl (C=O) groups excluding carboxylic acids is 2. The van der Waals surface area contributed by atoms with Crippen molar-refractivity contribution in [2.24, 2.45) is 0 Å². The second-order valence-electron chi connectivity index (χ2n) is 5.54. The third-order valence-electron chi connectivity index (χ3n) is 4.11. The number of hydrogen-bond acceptors (Lipinski definition) is 6. The molecule has 8 nitrogen and oxygen atoms in total. The number of furan rings is 1. The van der Waals surface area contributed by atoms with Crippen LogP contribution < -0.4 is 0 Å². The largest absolute Gasteiger partial charge is 0.460 e. The predicted octanol–water partition coefficient (Wildman–Crippen LogP) is 3.61. The van der Waals surface area contributed by atoms with Crippen molar-refractivity contribution in [3.63, 3.8) is 0 Å². The molecule has 0 unspecified atom stereocenters. The summed E-state index contributed by atoms with van der Waals surface area (Å²) in [7, 11) is 0. The summed E-state index contributed by atoms with van der Waals surface area (Å²) < 4.78 is 15.8. The smallest absolute Gasteiger partial charge is 0.410 e. The van der Waals surface area contributed by atoms with E-state index < -0.39 is 12.1 Å². The van der Waals surface area contributed by atoms with Gasteiger partial charge >= 0.3 is 17.7 Å². The fourth-order valence-corrected chi connectivity index (χ4v) is 3.06. The predicted molar refractivity (Wildman–Crippen MR) is 88.1 cm³/mol. The summed E-state index contributed by atoms with van der Waals surface area (Å²) in [6.07, 6.45) is -0.0217. The fraction of sp³-hybridized carbons (Fsp3) is 0.412. The van der Waals surface area contributed by atoms with Crippen molar-refractivity contribution in [3.8, 4) is 0 Å². The number of nitrogens with zero attached hydrogens (tertiary/aromatic N) is 3. The third-order valence-corrected chi connectivity index (χ3v) is 4.11. The molecule has 0 spiro atoms. The lowest BCUT2D eigenvalue weighted by Crippen LogP contribution is -2.32. The number of esters is 1. The minimum absolute atomic E-state index is 0.0596. The van der Waals surface area contributed by atoms with E-state index in [1.54, 1.807) is 26.0 Å². The Labute approximate surface area is 143 Å². The topological polar surface area (TPSA) is 97.1 Å². The van der Waals surface area contributed by atoms with Crippen molar-refractivity contribution >= 4 is 28.7 Å². The molecule has 0 saturated heterocycles. The number of amides is 1. The number of hydrogen-bond donors (Lipinski definition) is 0. The van der Waals surface area contributed by atoms with Gasteiger partial charge in [0, 0.05) is 23.6 Å². The first kappa shape index (κ1) is 16.8. The van der Waals surface area contributed by atoms with Crippen molar-refractivity contribution in [2.75, 3.05) is 19.8 Å². The van der Waals surface area contributed by atoms with Gasteiger partial charge in [0.2, 0.25) is 11.2 Å². The number of diazo groups is 1. The first-order valence-corrected chi connectivity index (χ1v) is 8.11. The highest BCUT2D eigenvalue weighted by Crippen LogP contribution is 2.38. The Morgan fingerprint density at radius 1 is 1.24 bits per heavy atom. The average Bonchev–Trinajstić information content (AvgIpc) is 2.84. The molecule has 0 radical (unpaired) electrons. The Morgan fingerprint density at radius 3 is 2.68 bits per heavy atom. The molecular formula is C17H18N3O5+. The van der Waals surface area contributed by atoms with Gasteiger partial charge in [0.1, 0.15) is 5.58 Å². The van der Waals surface area contributed by atoms with Crippen LogP contribution in [0.5, 0.6) is 0 Å².